The molecule has 0 aromatic heterocycles. The summed E-state index contributed by atoms with van der Waals surface area (Å²) in [5, 5.41) is 0. The molecule has 0 bridgehead atoms. The van der Waals surface area contributed by atoms with Crippen molar-refractivity contribution in [3.05, 3.63) is 0 Å². The third-order valence-electron chi connectivity index (χ3n) is 3.41. The smallest absolute Gasteiger partial charge is 0.150 e. The van der Waals surface area contributed by atoms with Crippen LogP contribution in [0, 0.1) is 0 Å². The van der Waals surface area contributed by atoms with E-state index in [0.29, 0.717) is 12.8 Å². The summed E-state index contributed by atoms with van der Waals surface area (Å²) >= 11 is 0. The minimum absolute atomic E-state index is 0.207. The van der Waals surface area contributed by atoms with E-state index < -0.39 is 9.84 Å². The molecule has 0 aliphatic carbocycles. The largest absolute Gasteiger partial charge is 0.364 e. The molecule has 1 unspecified atom stereocenters. The van der Waals surface area contributed by atoms with Crippen molar-refractivity contribution in [3.63, 3.8) is 0 Å². The second kappa shape index (κ2) is 3.87. The van der Waals surface area contributed by atoms with Gasteiger partial charge in [-0.1, -0.05) is 0 Å². The predicted octanol–water partition coefficient (Wildman–Crippen LogP) is 0.702. The molecule has 0 aromatic carbocycles. The third-order valence-corrected chi connectivity index (χ3v) is 5.06. The van der Waals surface area contributed by atoms with Gasteiger partial charge in [-0.3, -0.25) is 0 Å². The summed E-state index contributed by atoms with van der Waals surface area (Å²) in [6, 6.07) is 0. The second-order valence-electron chi connectivity index (χ2n) is 4.52. The van der Waals surface area contributed by atoms with Crippen molar-refractivity contribution in [1.29, 1.82) is 0 Å². The van der Waals surface area contributed by atoms with E-state index in [1.165, 1.54) is 0 Å². The lowest BCUT2D eigenvalue weighted by molar-refractivity contribution is -0.149. The van der Waals surface area contributed by atoms with Crippen LogP contribution in [0.1, 0.15) is 32.1 Å². The van der Waals surface area contributed by atoms with Crippen molar-refractivity contribution in [3.8, 4) is 0 Å². The molecule has 1 atom stereocenters. The number of ether oxygens (including phenoxy) is 1. The van der Waals surface area contributed by atoms with E-state index in [-0.39, 0.29) is 23.2 Å². The second-order valence-corrected chi connectivity index (χ2v) is 6.82. The molecule has 2 saturated heterocycles. The Morgan fingerprint density at radius 2 is 1.87 bits per heavy atom. The lowest BCUT2D eigenvalue weighted by Gasteiger charge is -2.42. The first kappa shape index (κ1) is 11.1. The molecule has 5 heteroatoms. The van der Waals surface area contributed by atoms with Crippen molar-refractivity contribution < 1.29 is 17.9 Å². The molecule has 0 saturated carbocycles. The molecule has 15 heavy (non-hydrogen) atoms. The Hall–Kier alpha value is -0.420. The van der Waals surface area contributed by atoms with Gasteiger partial charge in [0.1, 0.15) is 12.4 Å². The zero-order chi connectivity index (χ0) is 10.9. The fraction of sp³-hybridized carbons (Fsp3) is 0.900. The maximum Gasteiger partial charge on any atom is 0.150 e. The lowest BCUT2D eigenvalue weighted by Crippen LogP contribution is -2.47. The van der Waals surface area contributed by atoms with Crippen molar-refractivity contribution in [2.75, 3.05) is 11.5 Å². The minimum Gasteiger partial charge on any atom is -0.364 e. The Bertz CT molecular complexity index is 332. The van der Waals surface area contributed by atoms with Gasteiger partial charge in [-0.15, -0.1) is 0 Å². The summed E-state index contributed by atoms with van der Waals surface area (Å²) in [4.78, 5) is 10.7. The van der Waals surface area contributed by atoms with Crippen LogP contribution in [0.2, 0.25) is 0 Å². The maximum absolute atomic E-state index is 11.3. The van der Waals surface area contributed by atoms with Gasteiger partial charge in [0.05, 0.1) is 17.1 Å². The molecular formula is C10H16O4S. The van der Waals surface area contributed by atoms with Crippen LogP contribution >= 0.6 is 0 Å². The summed E-state index contributed by atoms with van der Waals surface area (Å²) in [5.74, 6) is 0.414. The number of rotatable bonds is 1. The maximum atomic E-state index is 11.3. The Morgan fingerprint density at radius 3 is 2.47 bits per heavy atom. The van der Waals surface area contributed by atoms with Gasteiger partial charge >= 0.3 is 0 Å². The Morgan fingerprint density at radius 1 is 1.20 bits per heavy atom. The molecule has 4 nitrogen and oxygen atoms in total. The van der Waals surface area contributed by atoms with Crippen molar-refractivity contribution >= 4 is 16.1 Å². The average Bonchev–Trinajstić information content (AvgIpc) is 2.24. The number of carbonyl (C=O) groups is 1. The molecule has 0 N–H and O–H groups in total. The zero-order valence-corrected chi connectivity index (χ0v) is 9.46. The molecule has 1 spiro atoms. The zero-order valence-electron chi connectivity index (χ0n) is 8.65. The van der Waals surface area contributed by atoms with Crippen LogP contribution in [0.3, 0.4) is 0 Å². The third kappa shape index (κ3) is 2.39. The summed E-state index contributed by atoms with van der Waals surface area (Å²) in [7, 11) is -2.85. The van der Waals surface area contributed by atoms with Gasteiger partial charge in [0.2, 0.25) is 0 Å². The molecule has 0 amide bonds. The first-order chi connectivity index (χ1) is 7.05. The number of carbonyl (C=O) groups excluding carboxylic acids is 1. The molecular weight excluding hydrogens is 216 g/mol. The predicted molar refractivity (Wildman–Crippen MR) is 55.4 cm³/mol. The first-order valence-electron chi connectivity index (χ1n) is 5.39. The summed E-state index contributed by atoms with van der Waals surface area (Å²) in [6.45, 7) is 0. The standard InChI is InChI=1S/C10H16O4S/c11-8-9-2-1-3-10(14-9)4-6-15(12,13)7-5-10/h8-9H,1-7H2. The summed E-state index contributed by atoms with van der Waals surface area (Å²) < 4.78 is 28.3. The molecule has 0 radical (unpaired) electrons. The van der Waals surface area contributed by atoms with Crippen LogP contribution in [0.15, 0.2) is 0 Å². The fourth-order valence-corrected chi connectivity index (χ4v) is 4.01. The molecule has 0 aromatic rings. The highest BCUT2D eigenvalue weighted by atomic mass is 32.2. The average molecular weight is 232 g/mol. The van der Waals surface area contributed by atoms with Gasteiger partial charge in [-0.2, -0.15) is 0 Å². The number of aldehydes is 1. The molecule has 2 aliphatic heterocycles. The molecule has 2 fully saturated rings. The van der Waals surface area contributed by atoms with Crippen LogP contribution in [-0.2, 0) is 19.4 Å². The van der Waals surface area contributed by atoms with Crippen molar-refractivity contribution in [2.24, 2.45) is 0 Å². The van der Waals surface area contributed by atoms with Crippen molar-refractivity contribution in [1.82, 2.24) is 0 Å². The summed E-state index contributed by atoms with van der Waals surface area (Å²) in [5.41, 5.74) is -0.324. The molecule has 2 aliphatic rings. The summed E-state index contributed by atoms with van der Waals surface area (Å²) in [6.07, 6.45) is 4.26. The number of sulfone groups is 1. The lowest BCUT2D eigenvalue weighted by atomic mass is 9.86. The van der Waals surface area contributed by atoms with E-state index in [1.807, 2.05) is 0 Å². The van der Waals surface area contributed by atoms with Crippen LogP contribution in [-0.4, -0.2) is 37.9 Å². The Balaban J connectivity index is 2.05. The highest BCUT2D eigenvalue weighted by Crippen LogP contribution is 2.37. The quantitative estimate of drug-likeness (QED) is 0.624. The van der Waals surface area contributed by atoms with E-state index in [4.69, 9.17) is 4.74 Å². The number of hydrogen-bond acceptors (Lipinski definition) is 4. The normalized spacial score (nSPS) is 33.7. The molecule has 2 rings (SSSR count). The fourth-order valence-electron chi connectivity index (χ4n) is 2.44. The highest BCUT2D eigenvalue weighted by Gasteiger charge is 2.41. The van der Waals surface area contributed by atoms with Gasteiger partial charge in [0.25, 0.3) is 0 Å². The topological polar surface area (TPSA) is 60.4 Å². The number of hydrogen-bond donors (Lipinski definition) is 0. The van der Waals surface area contributed by atoms with E-state index in [2.05, 4.69) is 0 Å². The monoisotopic (exact) mass is 232 g/mol. The van der Waals surface area contributed by atoms with Gasteiger partial charge in [-0.25, -0.2) is 8.42 Å². The van der Waals surface area contributed by atoms with Crippen LogP contribution < -0.4 is 0 Å². The van der Waals surface area contributed by atoms with Crippen molar-refractivity contribution in [2.45, 2.75) is 43.8 Å². The van der Waals surface area contributed by atoms with Crippen LogP contribution in [0.25, 0.3) is 0 Å². The van der Waals surface area contributed by atoms with Gasteiger partial charge in [-0.05, 0) is 32.1 Å². The van der Waals surface area contributed by atoms with E-state index in [1.54, 1.807) is 0 Å². The Kier molecular flexibility index (Phi) is 2.85. The van der Waals surface area contributed by atoms with Gasteiger partial charge in [0, 0.05) is 0 Å². The Labute approximate surface area is 89.9 Å². The van der Waals surface area contributed by atoms with E-state index in [0.717, 1.165) is 25.5 Å². The van der Waals surface area contributed by atoms with E-state index >= 15 is 0 Å². The molecule has 86 valence electrons. The highest BCUT2D eigenvalue weighted by molar-refractivity contribution is 7.91. The van der Waals surface area contributed by atoms with Gasteiger partial charge < -0.3 is 9.53 Å². The molecule has 2 heterocycles. The first-order valence-corrected chi connectivity index (χ1v) is 7.21. The SMILES string of the molecule is O=CC1CCCC2(CCS(=O)(=O)CC2)O1. The minimum atomic E-state index is -2.85. The van der Waals surface area contributed by atoms with Gasteiger partial charge in [0.15, 0.2) is 9.84 Å². The van der Waals surface area contributed by atoms with Crippen LogP contribution in [0.4, 0.5) is 0 Å². The van der Waals surface area contributed by atoms with Crippen LogP contribution in [0.5, 0.6) is 0 Å². The van der Waals surface area contributed by atoms with E-state index in [9.17, 15) is 13.2 Å².